The first-order valence-corrected chi connectivity index (χ1v) is 7.03. The third-order valence-corrected chi connectivity index (χ3v) is 3.87. The molecule has 18 heavy (non-hydrogen) atoms. The fourth-order valence-corrected chi connectivity index (χ4v) is 2.53. The van der Waals surface area contributed by atoms with E-state index in [0.717, 1.165) is 13.1 Å². The highest BCUT2D eigenvalue weighted by atomic mass is 15.2. The summed E-state index contributed by atoms with van der Waals surface area (Å²) in [5.74, 6) is 0. The molecule has 0 amide bonds. The molecule has 0 spiro atoms. The second-order valence-electron chi connectivity index (χ2n) is 5.62. The van der Waals surface area contributed by atoms with E-state index in [1.807, 2.05) is 12.4 Å². The lowest BCUT2D eigenvalue weighted by Gasteiger charge is -2.29. The summed E-state index contributed by atoms with van der Waals surface area (Å²) in [4.78, 5) is 6.80. The van der Waals surface area contributed by atoms with E-state index < -0.39 is 0 Å². The zero-order valence-electron chi connectivity index (χ0n) is 11.8. The minimum atomic E-state index is 0.576. The topological polar surface area (TPSA) is 28.2 Å². The smallest absolute Gasteiger partial charge is 0.0315 e. The molecule has 3 nitrogen and oxygen atoms in total. The van der Waals surface area contributed by atoms with E-state index in [2.05, 4.69) is 42.0 Å². The second kappa shape index (κ2) is 6.30. The Kier molecular flexibility index (Phi) is 4.72. The van der Waals surface area contributed by atoms with Crippen LogP contribution in [0.2, 0.25) is 0 Å². The molecule has 1 aliphatic heterocycles. The maximum absolute atomic E-state index is 4.25. The minimum Gasteiger partial charge on any atom is -0.313 e. The third-order valence-electron chi connectivity index (χ3n) is 3.87. The van der Waals surface area contributed by atoms with Crippen molar-refractivity contribution in [3.63, 3.8) is 0 Å². The summed E-state index contributed by atoms with van der Waals surface area (Å²) in [5.41, 5.74) is 2.69. The van der Waals surface area contributed by atoms with Gasteiger partial charge in [0.1, 0.15) is 0 Å². The molecule has 100 valence electrons. The molecular weight excluding hydrogens is 222 g/mol. The molecule has 2 heterocycles. The first kappa shape index (κ1) is 13.5. The van der Waals surface area contributed by atoms with Crippen LogP contribution in [-0.2, 0) is 6.54 Å². The van der Waals surface area contributed by atoms with Gasteiger partial charge in [0.2, 0.25) is 0 Å². The Morgan fingerprint density at radius 3 is 2.94 bits per heavy atom. The van der Waals surface area contributed by atoms with Crippen LogP contribution >= 0.6 is 0 Å². The number of nitrogens with zero attached hydrogens (tertiary/aromatic N) is 2. The van der Waals surface area contributed by atoms with Crippen molar-refractivity contribution >= 4 is 0 Å². The van der Waals surface area contributed by atoms with Crippen LogP contribution in [0, 0.1) is 6.92 Å². The minimum absolute atomic E-state index is 0.576. The normalized spacial score (nSPS) is 19.9. The molecule has 0 aliphatic carbocycles. The largest absolute Gasteiger partial charge is 0.313 e. The van der Waals surface area contributed by atoms with Crippen LogP contribution < -0.4 is 5.32 Å². The zero-order chi connectivity index (χ0) is 13.0. The molecule has 1 saturated heterocycles. The molecule has 0 aromatic carbocycles. The summed E-state index contributed by atoms with van der Waals surface area (Å²) in [6.45, 7) is 10.1. The van der Waals surface area contributed by atoms with Gasteiger partial charge in [-0.05, 0) is 57.4 Å². The SMILES string of the molecule is Cc1ccncc1CN(CC1CCCN1)C(C)C. The molecule has 1 N–H and O–H groups in total. The van der Waals surface area contributed by atoms with Gasteiger partial charge in [-0.15, -0.1) is 0 Å². The molecule has 1 atom stereocenters. The van der Waals surface area contributed by atoms with Crippen LogP contribution in [0.15, 0.2) is 18.5 Å². The maximum atomic E-state index is 4.25. The molecule has 1 aliphatic rings. The van der Waals surface area contributed by atoms with Gasteiger partial charge in [-0.25, -0.2) is 0 Å². The number of nitrogens with one attached hydrogen (secondary N) is 1. The van der Waals surface area contributed by atoms with Gasteiger partial charge < -0.3 is 5.32 Å². The number of aromatic nitrogens is 1. The summed E-state index contributed by atoms with van der Waals surface area (Å²) in [6.07, 6.45) is 6.52. The Morgan fingerprint density at radius 1 is 1.50 bits per heavy atom. The number of rotatable bonds is 5. The van der Waals surface area contributed by atoms with Crippen molar-refractivity contribution in [3.05, 3.63) is 29.6 Å². The Labute approximate surface area is 111 Å². The summed E-state index contributed by atoms with van der Waals surface area (Å²) in [7, 11) is 0. The van der Waals surface area contributed by atoms with E-state index in [-0.39, 0.29) is 0 Å². The number of pyridine rings is 1. The van der Waals surface area contributed by atoms with Gasteiger partial charge in [0.25, 0.3) is 0 Å². The average Bonchev–Trinajstić information content (AvgIpc) is 2.83. The highest BCUT2D eigenvalue weighted by molar-refractivity contribution is 5.21. The van der Waals surface area contributed by atoms with E-state index in [4.69, 9.17) is 0 Å². The van der Waals surface area contributed by atoms with Crippen LogP contribution in [0.3, 0.4) is 0 Å². The lowest BCUT2D eigenvalue weighted by molar-refractivity contribution is 0.193. The standard InChI is InChI=1S/C15H25N3/c1-12(2)18(11-15-5-4-7-17-15)10-14-9-16-8-6-13(14)3/h6,8-9,12,15,17H,4-5,7,10-11H2,1-3H3. The lowest BCUT2D eigenvalue weighted by Crippen LogP contribution is -2.40. The van der Waals surface area contributed by atoms with Crippen LogP contribution in [0.5, 0.6) is 0 Å². The molecule has 1 aromatic rings. The van der Waals surface area contributed by atoms with E-state index in [0.29, 0.717) is 12.1 Å². The fraction of sp³-hybridized carbons (Fsp3) is 0.667. The van der Waals surface area contributed by atoms with Gasteiger partial charge in [0.05, 0.1) is 0 Å². The van der Waals surface area contributed by atoms with Gasteiger partial charge in [-0.1, -0.05) is 0 Å². The number of hydrogen-bond acceptors (Lipinski definition) is 3. The van der Waals surface area contributed by atoms with E-state index in [1.165, 1.54) is 30.5 Å². The second-order valence-corrected chi connectivity index (χ2v) is 5.62. The van der Waals surface area contributed by atoms with E-state index in [1.54, 1.807) is 0 Å². The maximum Gasteiger partial charge on any atom is 0.0315 e. The highest BCUT2D eigenvalue weighted by Gasteiger charge is 2.20. The van der Waals surface area contributed by atoms with Crippen LogP contribution in [0.25, 0.3) is 0 Å². The quantitative estimate of drug-likeness (QED) is 0.865. The van der Waals surface area contributed by atoms with Gasteiger partial charge in [0, 0.05) is 37.6 Å². The van der Waals surface area contributed by atoms with Gasteiger partial charge in [-0.3, -0.25) is 9.88 Å². The molecule has 0 bridgehead atoms. The van der Waals surface area contributed by atoms with E-state index >= 15 is 0 Å². The zero-order valence-corrected chi connectivity index (χ0v) is 11.8. The third kappa shape index (κ3) is 3.53. The van der Waals surface area contributed by atoms with Gasteiger partial charge in [-0.2, -0.15) is 0 Å². The molecule has 1 fully saturated rings. The summed E-state index contributed by atoms with van der Waals surface area (Å²) in [5, 5.41) is 3.59. The van der Waals surface area contributed by atoms with Crippen molar-refractivity contribution in [2.24, 2.45) is 0 Å². The van der Waals surface area contributed by atoms with Crippen LogP contribution in [-0.4, -0.2) is 35.1 Å². The van der Waals surface area contributed by atoms with Crippen molar-refractivity contribution in [3.8, 4) is 0 Å². The molecule has 0 saturated carbocycles. The molecule has 1 unspecified atom stereocenters. The molecular formula is C15H25N3. The van der Waals surface area contributed by atoms with Crippen molar-refractivity contribution in [2.75, 3.05) is 13.1 Å². The van der Waals surface area contributed by atoms with Gasteiger partial charge >= 0.3 is 0 Å². The number of aryl methyl sites for hydroxylation is 1. The summed E-state index contributed by atoms with van der Waals surface area (Å²) in [6, 6.07) is 3.35. The fourth-order valence-electron chi connectivity index (χ4n) is 2.53. The summed E-state index contributed by atoms with van der Waals surface area (Å²) < 4.78 is 0. The van der Waals surface area contributed by atoms with Crippen molar-refractivity contribution < 1.29 is 0 Å². The highest BCUT2D eigenvalue weighted by Crippen LogP contribution is 2.14. The average molecular weight is 247 g/mol. The lowest BCUT2D eigenvalue weighted by atomic mass is 10.1. The molecule has 0 radical (unpaired) electrons. The van der Waals surface area contributed by atoms with Crippen LogP contribution in [0.1, 0.15) is 37.8 Å². The Bertz CT molecular complexity index is 370. The number of hydrogen-bond donors (Lipinski definition) is 1. The van der Waals surface area contributed by atoms with Crippen molar-refractivity contribution in [1.82, 2.24) is 15.2 Å². The Balaban J connectivity index is 1.99. The Hall–Kier alpha value is -0.930. The predicted molar refractivity (Wildman–Crippen MR) is 75.5 cm³/mol. The van der Waals surface area contributed by atoms with E-state index in [9.17, 15) is 0 Å². The van der Waals surface area contributed by atoms with Gasteiger partial charge in [0.15, 0.2) is 0 Å². The monoisotopic (exact) mass is 247 g/mol. The summed E-state index contributed by atoms with van der Waals surface area (Å²) >= 11 is 0. The Morgan fingerprint density at radius 2 is 2.33 bits per heavy atom. The van der Waals surface area contributed by atoms with Crippen LogP contribution in [0.4, 0.5) is 0 Å². The molecule has 2 rings (SSSR count). The first-order valence-electron chi connectivity index (χ1n) is 7.03. The van der Waals surface area contributed by atoms with Crippen molar-refractivity contribution in [2.45, 2.75) is 52.2 Å². The van der Waals surface area contributed by atoms with Crippen molar-refractivity contribution in [1.29, 1.82) is 0 Å². The predicted octanol–water partition coefficient (Wildman–Crippen LogP) is 2.35. The molecule has 1 aromatic heterocycles. The molecule has 3 heteroatoms. The first-order chi connectivity index (χ1) is 8.66.